The van der Waals surface area contributed by atoms with Crippen LogP contribution in [0.2, 0.25) is 0 Å². The van der Waals surface area contributed by atoms with E-state index in [1.807, 2.05) is 0 Å². The minimum atomic E-state index is -2.23. The molecule has 0 spiro atoms. The number of carboxylic acid groups (broad SMARTS) is 1. The number of aliphatic hydroxyl groups is 17. The first-order valence-corrected chi connectivity index (χ1v) is 31.9. The van der Waals surface area contributed by atoms with Crippen LogP contribution in [-0.4, -0.2) is 318 Å². The van der Waals surface area contributed by atoms with Crippen LogP contribution < -0.4 is 23.7 Å². The zero-order chi connectivity index (χ0) is 76.0. The Morgan fingerprint density at radius 3 is 1.14 bits per heavy atom. The summed E-state index contributed by atoms with van der Waals surface area (Å²) in [5, 5.41) is 222. The molecular weight excluding hydrogens is 1420 g/mol. The molecule has 39 heteroatoms. The van der Waals surface area contributed by atoms with Gasteiger partial charge in [0.15, 0.2) is 11.5 Å². The average Bonchev–Trinajstić information content (AvgIpc) is 0.764. The molecule has 39 nitrogen and oxygen atoms in total. The predicted octanol–water partition coefficient (Wildman–Crippen LogP) is -6.05. The lowest BCUT2D eigenvalue weighted by atomic mass is 9.99. The summed E-state index contributed by atoms with van der Waals surface area (Å²) in [6.07, 6.45) is -42.9. The second-order valence-electron chi connectivity index (χ2n) is 24.5. The smallest absolute Gasteiger partial charge is 0.402 e. The molecular formula is C66H75O39+. The summed E-state index contributed by atoms with van der Waals surface area (Å²) < 4.78 is 78.5. The average molecular weight is 1490 g/mol. The van der Waals surface area contributed by atoms with Gasteiger partial charge in [-0.15, -0.1) is 0 Å². The molecule has 1 aromatic heterocycles. The number of fused-ring (bicyclic) bond motifs is 1. The molecule has 0 bridgehead atoms. The highest BCUT2D eigenvalue weighted by atomic mass is 16.7. The monoisotopic (exact) mass is 1490 g/mol. The van der Waals surface area contributed by atoms with E-state index in [0.717, 1.165) is 42.5 Å². The van der Waals surface area contributed by atoms with Gasteiger partial charge in [0.2, 0.25) is 42.9 Å². The van der Waals surface area contributed by atoms with Gasteiger partial charge in [0.1, 0.15) is 177 Å². The first-order chi connectivity index (χ1) is 49.9. The number of aliphatic carboxylic acids is 1. The highest BCUT2D eigenvalue weighted by Crippen LogP contribution is 2.48. The molecule has 5 saturated heterocycles. The topological polar surface area (TPSA) is 624 Å². The number of hydrogen-bond donors (Lipinski definition) is 21. The van der Waals surface area contributed by atoms with Crippen molar-refractivity contribution in [3.63, 3.8) is 0 Å². The molecule has 572 valence electrons. The van der Waals surface area contributed by atoms with Crippen molar-refractivity contribution in [2.75, 3.05) is 33.0 Å². The highest BCUT2D eigenvalue weighted by molar-refractivity contribution is 5.91. The summed E-state index contributed by atoms with van der Waals surface area (Å²) in [5.41, 5.74) is 0.0182. The van der Waals surface area contributed by atoms with Crippen LogP contribution in [0.25, 0.3) is 34.4 Å². The Kier molecular flexibility index (Phi) is 25.6. The van der Waals surface area contributed by atoms with E-state index in [-0.39, 0.29) is 22.5 Å². The molecule has 6 heterocycles. The Morgan fingerprint density at radius 2 is 0.762 bits per heavy atom. The number of carbonyl (C=O) groups excluding carboxylic acids is 3. The molecule has 5 aromatic rings. The van der Waals surface area contributed by atoms with Gasteiger partial charge < -0.3 is 169 Å². The van der Waals surface area contributed by atoms with Crippen LogP contribution in [0.1, 0.15) is 17.5 Å². The first kappa shape index (κ1) is 78.8. The van der Waals surface area contributed by atoms with Crippen molar-refractivity contribution in [3.05, 3.63) is 102 Å². The maximum atomic E-state index is 13.2. The normalized spacial score (nSPS) is 33.6. The predicted molar refractivity (Wildman–Crippen MR) is 338 cm³/mol. The van der Waals surface area contributed by atoms with Gasteiger partial charge in [0, 0.05) is 36.4 Å². The maximum absolute atomic E-state index is 13.2. The second kappa shape index (κ2) is 34.2. The molecule has 0 saturated carbocycles. The summed E-state index contributed by atoms with van der Waals surface area (Å²) in [4.78, 5) is 49.1. The molecule has 10 rings (SSSR count). The van der Waals surface area contributed by atoms with E-state index >= 15 is 0 Å². The molecule has 5 aliphatic rings. The second-order valence-corrected chi connectivity index (χ2v) is 24.5. The minimum Gasteiger partial charge on any atom is -0.507 e. The lowest BCUT2D eigenvalue weighted by molar-refractivity contribution is -0.279. The van der Waals surface area contributed by atoms with Crippen molar-refractivity contribution in [1.29, 1.82) is 0 Å². The molecule has 25 atom stereocenters. The van der Waals surface area contributed by atoms with Gasteiger partial charge in [0.05, 0.1) is 24.8 Å². The van der Waals surface area contributed by atoms with Crippen LogP contribution in [-0.2, 0) is 57.1 Å². The first-order valence-electron chi connectivity index (χ1n) is 31.9. The van der Waals surface area contributed by atoms with E-state index in [1.165, 1.54) is 60.7 Å². The number of esters is 3. The highest BCUT2D eigenvalue weighted by Gasteiger charge is 2.51. The number of carboxylic acids is 1. The third kappa shape index (κ3) is 18.4. The molecule has 21 N–H and O–H groups in total. The van der Waals surface area contributed by atoms with Gasteiger partial charge >= 0.3 is 35.2 Å². The Labute approximate surface area is 590 Å². The third-order valence-electron chi connectivity index (χ3n) is 17.1. The van der Waals surface area contributed by atoms with Crippen LogP contribution >= 0.6 is 0 Å². The van der Waals surface area contributed by atoms with E-state index in [2.05, 4.69) is 0 Å². The number of ether oxygens (including phenoxy) is 13. The number of hydrogen-bond acceptors (Lipinski definition) is 37. The van der Waals surface area contributed by atoms with Gasteiger partial charge in [-0.05, 0) is 47.5 Å². The number of carbonyl (C=O) groups is 4. The van der Waals surface area contributed by atoms with E-state index in [0.29, 0.717) is 11.1 Å². The quantitative estimate of drug-likeness (QED) is 0.00850. The van der Waals surface area contributed by atoms with E-state index in [9.17, 15) is 121 Å². The largest absolute Gasteiger partial charge is 0.507 e. The number of phenols is 3. The van der Waals surface area contributed by atoms with Crippen molar-refractivity contribution in [1.82, 2.24) is 0 Å². The van der Waals surface area contributed by atoms with Crippen molar-refractivity contribution in [3.8, 4) is 57.3 Å². The van der Waals surface area contributed by atoms with Gasteiger partial charge in [-0.1, -0.05) is 24.3 Å². The summed E-state index contributed by atoms with van der Waals surface area (Å²) >= 11 is 0. The number of rotatable bonds is 25. The van der Waals surface area contributed by atoms with Gasteiger partial charge in [0.25, 0.3) is 0 Å². The Morgan fingerprint density at radius 1 is 0.410 bits per heavy atom. The SMILES string of the molecule is O=C(O)CC(=O)OCC1OC(Oc2cc3c(O)cc(O)cc3[o+]c2-c2cc(OC3OC(CO)C(O)C(O)C3O)c(O)c(OC3OC(COC(=O)C=Cc4ccc(OC5OC(COC(=O)C=Cc6ccc(OC7OC(CO)C(O)C(O)C7O)cc6)C(O)C(O)C5O)cc4)C(O)C(O)C3O)c2)C(O)C(O)C1O. The van der Waals surface area contributed by atoms with Gasteiger partial charge in [-0.3, -0.25) is 9.59 Å². The molecule has 105 heavy (non-hydrogen) atoms. The van der Waals surface area contributed by atoms with E-state index in [1.54, 1.807) is 0 Å². The molecule has 0 aliphatic carbocycles. The van der Waals surface area contributed by atoms with Crippen molar-refractivity contribution in [2.24, 2.45) is 0 Å². The van der Waals surface area contributed by atoms with Crippen LogP contribution in [0, 0.1) is 0 Å². The van der Waals surface area contributed by atoms with Crippen molar-refractivity contribution >= 4 is 47.0 Å². The molecule has 5 fully saturated rings. The summed E-state index contributed by atoms with van der Waals surface area (Å²) in [5.74, 6) is -9.85. The summed E-state index contributed by atoms with van der Waals surface area (Å²) in [7, 11) is 0. The number of aliphatic hydroxyl groups excluding tert-OH is 17. The van der Waals surface area contributed by atoms with Crippen molar-refractivity contribution in [2.45, 2.75) is 160 Å². The summed E-state index contributed by atoms with van der Waals surface area (Å²) in [6.45, 7) is -4.04. The fourth-order valence-corrected chi connectivity index (χ4v) is 11.2. The Hall–Kier alpha value is -8.83. The Balaban J connectivity index is 0.799. The lowest BCUT2D eigenvalue weighted by Crippen LogP contribution is -2.60. The van der Waals surface area contributed by atoms with E-state index < -0.39 is 263 Å². The number of phenolic OH excluding ortho intramolecular Hbond substituents is 3. The molecule has 25 unspecified atom stereocenters. The van der Waals surface area contributed by atoms with Crippen molar-refractivity contribution < 1.29 is 192 Å². The standard InChI is InChI=1S/C66H74O39/c67-19-36-46(77)51(82)56(87)62(101-36)95-28-7-1-24(2-8-28)5-11-42(73)92-21-38-48(79)53(84)57(88)63(103-38)96-29-9-3-25(4-10-29)6-12-43(74)93-22-39-49(80)54(85)59(90)65(104-39)99-34-14-26(13-33(45(34)76)98-64-58(89)52(83)47(78)37(20-68)102-64)61-35(17-30-31(70)15-27(69)16-32(30)97-61)100-66-60(91)55(86)50(81)40(105-66)23-94-44(75)18-41(71)72/h1-17,36-40,46-60,62-68,77-91H,18-23H2,(H3-,69,70,71,72,76)/p+1. The number of aromatic hydroxyl groups is 3. The zero-order valence-electron chi connectivity index (χ0n) is 54.2. The van der Waals surface area contributed by atoms with Crippen LogP contribution in [0.4, 0.5) is 0 Å². The molecule has 4 aromatic carbocycles. The van der Waals surface area contributed by atoms with Gasteiger partial charge in [-0.2, -0.15) is 0 Å². The fourth-order valence-electron chi connectivity index (χ4n) is 11.2. The fraction of sp³-hybridized carbons (Fsp3) is 0.470. The third-order valence-corrected chi connectivity index (χ3v) is 17.1. The molecule has 5 aliphatic heterocycles. The van der Waals surface area contributed by atoms with Crippen LogP contribution in [0.5, 0.6) is 46.0 Å². The van der Waals surface area contributed by atoms with Crippen LogP contribution in [0.15, 0.2) is 95.4 Å². The van der Waals surface area contributed by atoms with Crippen LogP contribution in [0.3, 0.4) is 0 Å². The minimum absolute atomic E-state index is 0.0268. The number of benzene rings is 4. The Bertz CT molecular complexity index is 3870. The van der Waals surface area contributed by atoms with E-state index in [4.69, 9.17) is 71.1 Å². The maximum Gasteiger partial charge on any atom is 0.402 e. The lowest BCUT2D eigenvalue weighted by Gasteiger charge is -2.40. The summed E-state index contributed by atoms with van der Waals surface area (Å²) in [6, 6.07) is 16.1. The molecule has 0 amide bonds. The zero-order valence-corrected chi connectivity index (χ0v) is 54.2. The molecule has 0 radical (unpaired) electrons. The van der Waals surface area contributed by atoms with Gasteiger partial charge in [-0.25, -0.2) is 14.0 Å².